The van der Waals surface area contributed by atoms with E-state index in [1.165, 1.54) is 6.92 Å². The van der Waals surface area contributed by atoms with Gasteiger partial charge in [-0.2, -0.15) is 0 Å². The number of carbonyl (C=O) groups excluding carboxylic acids is 1. The van der Waals surface area contributed by atoms with Crippen molar-refractivity contribution in [1.29, 1.82) is 0 Å². The molecule has 1 aromatic rings. The van der Waals surface area contributed by atoms with Crippen molar-refractivity contribution in [3.63, 3.8) is 0 Å². The predicted octanol–water partition coefficient (Wildman–Crippen LogP) is 0.344. The fourth-order valence-corrected chi connectivity index (χ4v) is 2.31. The molecule has 0 aromatic heterocycles. The van der Waals surface area contributed by atoms with E-state index in [9.17, 15) is 26.4 Å². The van der Waals surface area contributed by atoms with Gasteiger partial charge < -0.3 is 0 Å². The number of halogens is 3. The molecule has 0 spiro atoms. The van der Waals surface area contributed by atoms with Gasteiger partial charge in [0, 0.05) is 6.26 Å². The number of amides is 1. The van der Waals surface area contributed by atoms with E-state index in [0.29, 0.717) is 0 Å². The molecule has 0 aliphatic heterocycles. The van der Waals surface area contributed by atoms with Gasteiger partial charge in [0.2, 0.25) is 0 Å². The van der Waals surface area contributed by atoms with Crippen LogP contribution in [0.1, 0.15) is 15.9 Å². The summed E-state index contributed by atoms with van der Waals surface area (Å²) in [5, 5.41) is 0. The molecule has 116 valence electrons. The summed E-state index contributed by atoms with van der Waals surface area (Å²) >= 11 is 0. The Bertz CT molecular complexity index is 720. The molecule has 0 radical (unpaired) electrons. The van der Waals surface area contributed by atoms with Gasteiger partial charge in [0.05, 0.1) is 10.5 Å². The molecule has 1 amide bonds. The Morgan fingerprint density at radius 2 is 1.76 bits per heavy atom. The van der Waals surface area contributed by atoms with Crippen LogP contribution in [0.4, 0.5) is 13.2 Å². The Labute approximate surface area is 118 Å². The highest BCUT2D eigenvalue weighted by Crippen LogP contribution is 2.22. The van der Waals surface area contributed by atoms with E-state index in [-0.39, 0.29) is 16.0 Å². The topological polar surface area (TPSA) is 106 Å². The van der Waals surface area contributed by atoms with Gasteiger partial charge in [-0.3, -0.25) is 11.5 Å². The van der Waals surface area contributed by atoms with E-state index in [4.69, 9.17) is 11.5 Å². The lowest BCUT2D eigenvalue weighted by molar-refractivity contribution is -0.645. The third-order valence-corrected chi connectivity index (χ3v) is 3.68. The first kappa shape index (κ1) is 17.0. The molecule has 1 rings (SSSR count). The first-order valence-corrected chi connectivity index (χ1v) is 7.34. The number of sulfone groups is 1. The number of nitrogens with zero attached hydrogens (tertiary/aromatic N) is 1. The summed E-state index contributed by atoms with van der Waals surface area (Å²) in [4.78, 5) is 11.8. The van der Waals surface area contributed by atoms with Crippen LogP contribution in [-0.4, -0.2) is 37.4 Å². The minimum Gasteiger partial charge on any atom is -0.290 e. The third-order valence-electron chi connectivity index (χ3n) is 2.57. The Balaban J connectivity index is 3.43. The van der Waals surface area contributed by atoms with Crippen LogP contribution in [0, 0.1) is 6.92 Å². The van der Waals surface area contributed by atoms with Crippen LogP contribution >= 0.6 is 0 Å². The smallest absolute Gasteiger partial charge is 0.290 e. The number of guanidine groups is 1. The second-order valence-electron chi connectivity index (χ2n) is 4.28. The van der Waals surface area contributed by atoms with Crippen LogP contribution < -0.4 is 11.5 Å². The molecular weight excluding hydrogens is 311 g/mol. The molecule has 6 nitrogen and oxygen atoms in total. The molecule has 1 aromatic carbocycles. The van der Waals surface area contributed by atoms with Gasteiger partial charge in [0.25, 0.3) is 0 Å². The van der Waals surface area contributed by atoms with E-state index in [0.717, 1.165) is 24.5 Å². The van der Waals surface area contributed by atoms with Crippen molar-refractivity contribution < 1.29 is 31.0 Å². The molecule has 0 fully saturated rings. The SMILES string of the molecule is Cc1cc(S(C)(=O)=O)ccc1C(=O)[N+](=C(N)N)C(F)(F)F. The Kier molecular flexibility index (Phi) is 4.32. The highest BCUT2D eigenvalue weighted by Gasteiger charge is 2.44. The highest BCUT2D eigenvalue weighted by molar-refractivity contribution is 7.90. The number of rotatable bonds is 2. The second-order valence-corrected chi connectivity index (χ2v) is 6.30. The van der Waals surface area contributed by atoms with E-state index < -0.39 is 32.6 Å². The summed E-state index contributed by atoms with van der Waals surface area (Å²) < 4.78 is 60.2. The van der Waals surface area contributed by atoms with Gasteiger partial charge in [-0.05, 0) is 30.7 Å². The monoisotopic (exact) mass is 324 g/mol. The number of carbonyl (C=O) groups is 1. The van der Waals surface area contributed by atoms with Crippen LogP contribution in [0.2, 0.25) is 0 Å². The maximum atomic E-state index is 12.7. The molecule has 0 saturated carbocycles. The lowest BCUT2D eigenvalue weighted by Gasteiger charge is -2.12. The zero-order valence-electron chi connectivity index (χ0n) is 11.1. The van der Waals surface area contributed by atoms with Gasteiger partial charge in [-0.15, -0.1) is 17.7 Å². The summed E-state index contributed by atoms with van der Waals surface area (Å²) in [7, 11) is -3.53. The third kappa shape index (κ3) is 3.72. The molecule has 0 aliphatic carbocycles. The van der Waals surface area contributed by atoms with E-state index in [1.54, 1.807) is 0 Å². The van der Waals surface area contributed by atoms with Crippen molar-refractivity contribution in [2.75, 3.05) is 6.26 Å². The number of benzene rings is 1. The molecule has 0 atom stereocenters. The van der Waals surface area contributed by atoms with Crippen molar-refractivity contribution in [3.05, 3.63) is 29.3 Å². The van der Waals surface area contributed by atoms with Crippen molar-refractivity contribution in [1.82, 2.24) is 0 Å². The second kappa shape index (κ2) is 5.35. The van der Waals surface area contributed by atoms with Crippen molar-refractivity contribution in [2.45, 2.75) is 18.1 Å². The molecule has 0 saturated heterocycles. The van der Waals surface area contributed by atoms with Crippen molar-refractivity contribution in [2.24, 2.45) is 11.5 Å². The summed E-state index contributed by atoms with van der Waals surface area (Å²) in [6, 6.07) is 3.12. The lowest BCUT2D eigenvalue weighted by atomic mass is 10.1. The quantitative estimate of drug-likeness (QED) is 0.353. The van der Waals surface area contributed by atoms with E-state index in [1.807, 2.05) is 0 Å². The average Bonchev–Trinajstić information content (AvgIpc) is 2.24. The number of nitrogens with two attached hydrogens (primary N) is 2. The largest absolute Gasteiger partial charge is 0.547 e. The van der Waals surface area contributed by atoms with Crippen molar-refractivity contribution >= 4 is 21.7 Å². The average molecular weight is 324 g/mol. The Morgan fingerprint density at radius 1 is 1.24 bits per heavy atom. The molecule has 4 N–H and O–H groups in total. The highest BCUT2D eigenvalue weighted by atomic mass is 32.2. The first-order valence-electron chi connectivity index (χ1n) is 5.45. The van der Waals surface area contributed by atoms with Gasteiger partial charge in [-0.25, -0.2) is 13.2 Å². The minimum atomic E-state index is -5.09. The van der Waals surface area contributed by atoms with Crippen LogP contribution in [0.5, 0.6) is 0 Å². The molecule has 0 heterocycles. The number of aryl methyl sites for hydroxylation is 1. The van der Waals surface area contributed by atoms with Gasteiger partial charge >= 0.3 is 18.2 Å². The first-order chi connectivity index (χ1) is 9.35. The maximum absolute atomic E-state index is 12.7. The fourth-order valence-electron chi connectivity index (χ4n) is 1.61. The fraction of sp³-hybridized carbons (Fsp3) is 0.273. The molecule has 0 aliphatic rings. The lowest BCUT2D eigenvalue weighted by Crippen LogP contribution is -2.46. The summed E-state index contributed by atoms with van der Waals surface area (Å²) in [5.41, 5.74) is 9.49. The number of alkyl halides is 3. The standard InChI is InChI=1S/C11H12F3N3O3S/c1-6-5-7(21(2,19)20)3-4-8(6)9(18)17(10(15)16)11(12,13)14/h3-5H,1-2H3,(H3,15,16)/p+1. The molecule has 0 bridgehead atoms. The van der Waals surface area contributed by atoms with Crippen LogP contribution in [0.15, 0.2) is 23.1 Å². The molecule has 0 unspecified atom stereocenters. The predicted molar refractivity (Wildman–Crippen MR) is 68.3 cm³/mol. The Morgan fingerprint density at radius 3 is 2.10 bits per heavy atom. The number of hydrogen-bond donors (Lipinski definition) is 2. The van der Waals surface area contributed by atoms with Gasteiger partial charge in [0.1, 0.15) is 0 Å². The van der Waals surface area contributed by atoms with Gasteiger partial charge in [-0.1, -0.05) is 0 Å². The molecule has 10 heteroatoms. The molecule has 21 heavy (non-hydrogen) atoms. The van der Waals surface area contributed by atoms with E-state index >= 15 is 0 Å². The Hall–Kier alpha value is -2.10. The summed E-state index contributed by atoms with van der Waals surface area (Å²) in [5.74, 6) is -2.71. The summed E-state index contributed by atoms with van der Waals surface area (Å²) in [6.45, 7) is 1.31. The molecular formula is C11H13F3N3O3S+. The zero-order valence-corrected chi connectivity index (χ0v) is 11.9. The van der Waals surface area contributed by atoms with Gasteiger partial charge in [0.15, 0.2) is 9.84 Å². The minimum absolute atomic E-state index is 0.0541. The summed E-state index contributed by atoms with van der Waals surface area (Å²) in [6.07, 6.45) is -4.14. The number of hydrogen-bond acceptors (Lipinski definition) is 3. The van der Waals surface area contributed by atoms with Crippen LogP contribution in [0.3, 0.4) is 0 Å². The zero-order chi connectivity index (χ0) is 16.6. The van der Waals surface area contributed by atoms with Crippen LogP contribution in [0.25, 0.3) is 0 Å². The van der Waals surface area contributed by atoms with Crippen molar-refractivity contribution in [3.8, 4) is 0 Å². The normalized spacial score (nSPS) is 12.0. The van der Waals surface area contributed by atoms with Crippen LogP contribution in [-0.2, 0) is 9.84 Å². The van der Waals surface area contributed by atoms with E-state index in [2.05, 4.69) is 0 Å². The maximum Gasteiger partial charge on any atom is 0.547 e.